The number of anilines is 1. The van der Waals surface area contributed by atoms with E-state index < -0.39 is 0 Å². The first-order valence-electron chi connectivity index (χ1n) is 11.4. The molecule has 1 amide bonds. The maximum Gasteiger partial charge on any atom is 0.234 e. The van der Waals surface area contributed by atoms with E-state index >= 15 is 0 Å². The number of carbonyl (C=O) groups is 1. The van der Waals surface area contributed by atoms with Gasteiger partial charge in [0.2, 0.25) is 5.91 Å². The third-order valence-electron chi connectivity index (χ3n) is 5.75. The monoisotopic (exact) mass is 460 g/mol. The van der Waals surface area contributed by atoms with Crippen molar-refractivity contribution in [3.05, 3.63) is 35.7 Å². The molecule has 1 aromatic carbocycles. The highest BCUT2D eigenvalue weighted by Gasteiger charge is 2.23. The molecule has 2 heterocycles. The molecule has 1 saturated heterocycles. The normalized spacial score (nSPS) is 15.8. The second-order valence-electron chi connectivity index (χ2n) is 8.22. The number of morpholine rings is 1. The van der Waals surface area contributed by atoms with Crippen LogP contribution >= 0.6 is 11.8 Å². The van der Waals surface area contributed by atoms with Gasteiger partial charge in [-0.1, -0.05) is 37.7 Å². The molecule has 1 N–H and O–H groups in total. The third-order valence-corrected chi connectivity index (χ3v) is 6.72. The number of nitrogens with zero attached hydrogens (tertiary/aromatic N) is 5. The zero-order chi connectivity index (χ0) is 22.9. The number of benzene rings is 1. The summed E-state index contributed by atoms with van der Waals surface area (Å²) in [4.78, 5) is 17.2. The lowest BCUT2D eigenvalue weighted by Gasteiger charge is -2.28. The smallest absolute Gasteiger partial charge is 0.234 e. The van der Waals surface area contributed by atoms with Crippen LogP contribution in [0.1, 0.15) is 37.7 Å². The summed E-state index contributed by atoms with van der Waals surface area (Å²) in [5.74, 6) is 1.22. The van der Waals surface area contributed by atoms with Crippen molar-refractivity contribution in [3.8, 4) is 0 Å². The number of amides is 1. The van der Waals surface area contributed by atoms with Gasteiger partial charge >= 0.3 is 0 Å². The first-order chi connectivity index (χ1) is 15.5. The van der Waals surface area contributed by atoms with Gasteiger partial charge < -0.3 is 14.6 Å². The van der Waals surface area contributed by atoms with Crippen LogP contribution < -0.4 is 5.32 Å². The van der Waals surface area contributed by atoms with Crippen molar-refractivity contribution in [1.29, 1.82) is 0 Å². The van der Waals surface area contributed by atoms with E-state index in [9.17, 15) is 4.79 Å². The zero-order valence-corrected chi connectivity index (χ0v) is 20.5. The fourth-order valence-electron chi connectivity index (χ4n) is 3.90. The van der Waals surface area contributed by atoms with Gasteiger partial charge in [-0.2, -0.15) is 0 Å². The molecule has 0 radical (unpaired) electrons. The van der Waals surface area contributed by atoms with Crippen LogP contribution in [-0.2, 0) is 22.5 Å². The van der Waals surface area contributed by atoms with Crippen molar-refractivity contribution in [2.24, 2.45) is 0 Å². The summed E-state index contributed by atoms with van der Waals surface area (Å²) in [6.07, 6.45) is 1.89. The Hall–Kier alpha value is -1.94. The van der Waals surface area contributed by atoms with Crippen molar-refractivity contribution in [2.45, 2.75) is 44.4 Å². The Morgan fingerprint density at radius 2 is 2.00 bits per heavy atom. The topological polar surface area (TPSA) is 75.5 Å². The quantitative estimate of drug-likeness (QED) is 0.517. The minimum atomic E-state index is -0.0350. The molecule has 1 aliphatic heterocycles. The summed E-state index contributed by atoms with van der Waals surface area (Å²) in [6, 6.07) is 8.18. The predicted molar refractivity (Wildman–Crippen MR) is 129 cm³/mol. The van der Waals surface area contributed by atoms with Gasteiger partial charge in [-0.15, -0.1) is 10.2 Å². The van der Waals surface area contributed by atoms with Crippen molar-refractivity contribution in [1.82, 2.24) is 24.6 Å². The molecule has 9 heteroatoms. The van der Waals surface area contributed by atoms with Crippen LogP contribution in [0.4, 0.5) is 5.69 Å². The van der Waals surface area contributed by atoms with E-state index in [0.29, 0.717) is 5.75 Å². The summed E-state index contributed by atoms with van der Waals surface area (Å²) in [6.45, 7) is 9.45. The molecule has 1 atom stereocenters. The highest BCUT2D eigenvalue weighted by atomic mass is 32.2. The van der Waals surface area contributed by atoms with Gasteiger partial charge in [0, 0.05) is 31.9 Å². The molecule has 1 aromatic heterocycles. The Balaban J connectivity index is 1.68. The number of carbonyl (C=O) groups excluding carboxylic acids is 1. The molecule has 8 nitrogen and oxygen atoms in total. The SMILES string of the molecule is CCc1cccc(NC(=O)CSc2nnc([C@@H](CC)N(C)C)n2CCN2CCOCC2)c1. The lowest BCUT2D eigenvalue weighted by atomic mass is 10.1. The van der Waals surface area contributed by atoms with Crippen molar-refractivity contribution >= 4 is 23.4 Å². The molecule has 176 valence electrons. The van der Waals surface area contributed by atoms with E-state index in [-0.39, 0.29) is 11.9 Å². The minimum absolute atomic E-state index is 0.0350. The highest BCUT2D eigenvalue weighted by molar-refractivity contribution is 7.99. The molecule has 0 unspecified atom stereocenters. The zero-order valence-electron chi connectivity index (χ0n) is 19.7. The number of hydrogen-bond donors (Lipinski definition) is 1. The van der Waals surface area contributed by atoms with Gasteiger partial charge in [0.25, 0.3) is 0 Å². The molecular weight excluding hydrogens is 424 g/mol. The van der Waals surface area contributed by atoms with Gasteiger partial charge in [0.1, 0.15) is 0 Å². The van der Waals surface area contributed by atoms with Crippen LogP contribution in [0, 0.1) is 0 Å². The maximum absolute atomic E-state index is 12.6. The molecule has 32 heavy (non-hydrogen) atoms. The second kappa shape index (κ2) is 12.3. The van der Waals surface area contributed by atoms with Crippen LogP contribution in [0.2, 0.25) is 0 Å². The second-order valence-corrected chi connectivity index (χ2v) is 9.17. The Labute approximate surface area is 195 Å². The summed E-state index contributed by atoms with van der Waals surface area (Å²) >= 11 is 1.45. The summed E-state index contributed by atoms with van der Waals surface area (Å²) in [5, 5.41) is 12.8. The molecule has 3 rings (SSSR count). The molecule has 0 bridgehead atoms. The van der Waals surface area contributed by atoms with E-state index in [2.05, 4.69) is 63.9 Å². The molecule has 0 saturated carbocycles. The van der Waals surface area contributed by atoms with Crippen LogP contribution in [0.15, 0.2) is 29.4 Å². The molecule has 0 spiro atoms. The predicted octanol–water partition coefficient (Wildman–Crippen LogP) is 2.92. The lowest BCUT2D eigenvalue weighted by Crippen LogP contribution is -2.38. The van der Waals surface area contributed by atoms with Gasteiger partial charge in [0.05, 0.1) is 25.0 Å². The van der Waals surface area contributed by atoms with Crippen molar-refractivity contribution in [3.63, 3.8) is 0 Å². The van der Waals surface area contributed by atoms with E-state index in [0.717, 1.165) is 68.9 Å². The molecule has 2 aromatic rings. The molecule has 1 fully saturated rings. The number of hydrogen-bond acceptors (Lipinski definition) is 7. The van der Waals surface area contributed by atoms with E-state index in [1.807, 2.05) is 18.2 Å². The van der Waals surface area contributed by atoms with Crippen LogP contribution in [-0.4, -0.2) is 83.2 Å². The fourth-order valence-corrected chi connectivity index (χ4v) is 4.68. The largest absolute Gasteiger partial charge is 0.379 e. The van der Waals surface area contributed by atoms with Crippen LogP contribution in [0.5, 0.6) is 0 Å². The lowest BCUT2D eigenvalue weighted by molar-refractivity contribution is -0.113. The van der Waals surface area contributed by atoms with Crippen LogP contribution in [0.3, 0.4) is 0 Å². The molecule has 1 aliphatic rings. The third kappa shape index (κ3) is 6.78. The average molecular weight is 461 g/mol. The van der Waals surface area contributed by atoms with Gasteiger partial charge in [-0.3, -0.25) is 14.6 Å². The van der Waals surface area contributed by atoms with Crippen molar-refractivity contribution < 1.29 is 9.53 Å². The fraction of sp³-hybridized carbons (Fsp3) is 0.609. The Morgan fingerprint density at radius 3 is 2.69 bits per heavy atom. The number of nitrogens with one attached hydrogen (secondary N) is 1. The van der Waals surface area contributed by atoms with Gasteiger partial charge in [-0.25, -0.2) is 0 Å². The van der Waals surface area contributed by atoms with Gasteiger partial charge in [0.15, 0.2) is 11.0 Å². The van der Waals surface area contributed by atoms with Crippen LogP contribution in [0.25, 0.3) is 0 Å². The first-order valence-corrected chi connectivity index (χ1v) is 12.4. The summed E-state index contributed by atoms with van der Waals surface area (Å²) in [5.41, 5.74) is 2.04. The van der Waals surface area contributed by atoms with E-state index in [1.165, 1.54) is 17.3 Å². The number of ether oxygens (including phenoxy) is 1. The Bertz CT molecular complexity index is 866. The minimum Gasteiger partial charge on any atom is -0.379 e. The van der Waals surface area contributed by atoms with Crippen molar-refractivity contribution in [2.75, 3.05) is 58.0 Å². The van der Waals surface area contributed by atoms with Gasteiger partial charge in [-0.05, 0) is 44.6 Å². The number of aryl methyl sites for hydroxylation is 1. The van der Waals surface area contributed by atoms with E-state index in [4.69, 9.17) is 4.74 Å². The standard InChI is InChI=1S/C23H36N6O2S/c1-5-18-8-7-9-19(16-18)24-21(30)17-32-23-26-25-22(20(6-2)27(3)4)29(23)11-10-28-12-14-31-15-13-28/h7-9,16,20H,5-6,10-15,17H2,1-4H3,(H,24,30)/t20-/m1/s1. The highest BCUT2D eigenvalue weighted by Crippen LogP contribution is 2.25. The summed E-state index contributed by atoms with van der Waals surface area (Å²) in [7, 11) is 4.14. The number of thioether (sulfide) groups is 1. The number of rotatable bonds is 11. The van der Waals surface area contributed by atoms with E-state index in [1.54, 1.807) is 0 Å². The maximum atomic E-state index is 12.6. The number of aromatic nitrogens is 3. The Kier molecular flexibility index (Phi) is 9.52. The Morgan fingerprint density at radius 1 is 1.22 bits per heavy atom. The molecular formula is C23H36N6O2S. The first kappa shape index (κ1) is 24.7. The summed E-state index contributed by atoms with van der Waals surface area (Å²) < 4.78 is 7.66. The average Bonchev–Trinajstić information content (AvgIpc) is 3.19. The molecule has 0 aliphatic carbocycles.